The van der Waals surface area contributed by atoms with E-state index in [1.165, 1.54) is 6.26 Å². The summed E-state index contributed by atoms with van der Waals surface area (Å²) < 4.78 is 10.1. The summed E-state index contributed by atoms with van der Waals surface area (Å²) in [5.41, 5.74) is 3.55. The maximum Gasteiger partial charge on any atom is 0.337 e. The van der Waals surface area contributed by atoms with Crippen LogP contribution in [0.25, 0.3) is 17.2 Å². The third kappa shape index (κ3) is 4.09. The van der Waals surface area contributed by atoms with Crippen molar-refractivity contribution in [1.29, 1.82) is 0 Å². The molecule has 0 aliphatic carbocycles. The van der Waals surface area contributed by atoms with Crippen LogP contribution >= 0.6 is 0 Å². The zero-order chi connectivity index (χ0) is 15.9. The Balaban J connectivity index is 2.04. The van der Waals surface area contributed by atoms with Gasteiger partial charge in [0.15, 0.2) is 0 Å². The average Bonchev–Trinajstić information content (AvgIpc) is 2.55. The fourth-order valence-corrected chi connectivity index (χ4v) is 1.85. The highest BCUT2D eigenvalue weighted by molar-refractivity contribution is 5.87. The number of benzene rings is 2. The zero-order valence-electron chi connectivity index (χ0n) is 12.7. The summed E-state index contributed by atoms with van der Waals surface area (Å²) in [6, 6.07) is 15.8. The highest BCUT2D eigenvalue weighted by atomic mass is 16.5. The molecule has 0 atom stereocenters. The van der Waals surface area contributed by atoms with Crippen molar-refractivity contribution in [2.45, 2.75) is 6.92 Å². The SMILES string of the molecule is C=C(C)C(=O)O/C=C/c1ccc(-c2ccc(OC)cc2)cc1. The molecule has 0 N–H and O–H groups in total. The second-order valence-electron chi connectivity index (χ2n) is 4.84. The van der Waals surface area contributed by atoms with Gasteiger partial charge in [0.05, 0.1) is 13.4 Å². The number of methoxy groups -OCH3 is 1. The van der Waals surface area contributed by atoms with Crippen molar-refractivity contribution in [3.05, 3.63) is 72.5 Å². The quantitative estimate of drug-likeness (QED) is 0.464. The highest BCUT2D eigenvalue weighted by Crippen LogP contribution is 2.22. The van der Waals surface area contributed by atoms with E-state index in [2.05, 4.69) is 6.58 Å². The van der Waals surface area contributed by atoms with Gasteiger partial charge in [0.25, 0.3) is 0 Å². The molecule has 0 amide bonds. The Hall–Kier alpha value is -2.81. The number of rotatable bonds is 5. The molecule has 112 valence electrons. The summed E-state index contributed by atoms with van der Waals surface area (Å²) in [7, 11) is 1.65. The Bertz CT molecular complexity index is 680. The normalized spacial score (nSPS) is 10.5. The van der Waals surface area contributed by atoms with Crippen molar-refractivity contribution in [2.75, 3.05) is 7.11 Å². The molecule has 0 aliphatic rings. The van der Waals surface area contributed by atoms with Crippen molar-refractivity contribution in [2.24, 2.45) is 0 Å². The van der Waals surface area contributed by atoms with Crippen LogP contribution in [-0.2, 0) is 9.53 Å². The van der Waals surface area contributed by atoms with Crippen LogP contribution < -0.4 is 4.74 Å². The first kappa shape index (κ1) is 15.6. The van der Waals surface area contributed by atoms with E-state index in [1.54, 1.807) is 20.1 Å². The van der Waals surface area contributed by atoms with Crippen molar-refractivity contribution in [3.8, 4) is 16.9 Å². The molecule has 2 aromatic rings. The van der Waals surface area contributed by atoms with Crippen molar-refractivity contribution < 1.29 is 14.3 Å². The van der Waals surface area contributed by atoms with Crippen LogP contribution in [0, 0.1) is 0 Å². The lowest BCUT2D eigenvalue weighted by Crippen LogP contribution is -1.98. The summed E-state index contributed by atoms with van der Waals surface area (Å²) in [6.07, 6.45) is 3.11. The summed E-state index contributed by atoms with van der Waals surface area (Å²) >= 11 is 0. The van der Waals surface area contributed by atoms with Gasteiger partial charge in [-0.15, -0.1) is 0 Å². The third-order valence-electron chi connectivity index (χ3n) is 3.12. The molecule has 2 rings (SSSR count). The maximum atomic E-state index is 11.2. The van der Waals surface area contributed by atoms with Gasteiger partial charge in [0, 0.05) is 5.57 Å². The first-order valence-corrected chi connectivity index (χ1v) is 6.87. The van der Waals surface area contributed by atoms with E-state index in [4.69, 9.17) is 9.47 Å². The van der Waals surface area contributed by atoms with Gasteiger partial charge in [-0.1, -0.05) is 43.0 Å². The molecule has 0 fully saturated rings. The summed E-state index contributed by atoms with van der Waals surface area (Å²) in [5, 5.41) is 0. The second kappa shape index (κ2) is 7.27. The monoisotopic (exact) mass is 294 g/mol. The molecule has 0 aromatic heterocycles. The zero-order valence-corrected chi connectivity index (χ0v) is 12.7. The Morgan fingerprint density at radius 2 is 1.55 bits per heavy atom. The molecular weight excluding hydrogens is 276 g/mol. The van der Waals surface area contributed by atoms with Crippen LogP contribution in [0.5, 0.6) is 5.75 Å². The fraction of sp³-hybridized carbons (Fsp3) is 0.105. The number of esters is 1. The molecule has 3 heteroatoms. The lowest BCUT2D eigenvalue weighted by Gasteiger charge is -2.04. The molecule has 0 unspecified atom stereocenters. The molecule has 0 bridgehead atoms. The largest absolute Gasteiger partial charge is 0.497 e. The van der Waals surface area contributed by atoms with E-state index in [9.17, 15) is 4.79 Å². The lowest BCUT2D eigenvalue weighted by atomic mass is 10.0. The molecule has 22 heavy (non-hydrogen) atoms. The maximum absolute atomic E-state index is 11.2. The van der Waals surface area contributed by atoms with Crippen LogP contribution in [0.4, 0.5) is 0 Å². The molecule has 0 heterocycles. The number of carbonyl (C=O) groups is 1. The van der Waals surface area contributed by atoms with Crippen LogP contribution in [0.3, 0.4) is 0 Å². The Kier molecular flexibility index (Phi) is 5.15. The average molecular weight is 294 g/mol. The van der Waals surface area contributed by atoms with Crippen LogP contribution in [0.2, 0.25) is 0 Å². The smallest absolute Gasteiger partial charge is 0.337 e. The van der Waals surface area contributed by atoms with E-state index in [0.717, 1.165) is 22.4 Å². The topological polar surface area (TPSA) is 35.5 Å². The van der Waals surface area contributed by atoms with Gasteiger partial charge in [0.1, 0.15) is 5.75 Å². The van der Waals surface area contributed by atoms with Crippen molar-refractivity contribution in [3.63, 3.8) is 0 Å². The molecule has 0 aliphatic heterocycles. The molecule has 0 saturated carbocycles. The molecule has 0 radical (unpaired) electrons. The Morgan fingerprint density at radius 3 is 2.05 bits per heavy atom. The first-order chi connectivity index (χ1) is 10.6. The van der Waals surface area contributed by atoms with E-state index in [0.29, 0.717) is 5.57 Å². The minimum atomic E-state index is -0.425. The number of hydrogen-bond acceptors (Lipinski definition) is 3. The minimum absolute atomic E-state index is 0.375. The lowest BCUT2D eigenvalue weighted by molar-refractivity contribution is -0.133. The van der Waals surface area contributed by atoms with Gasteiger partial charge >= 0.3 is 5.97 Å². The molecule has 2 aromatic carbocycles. The highest BCUT2D eigenvalue weighted by Gasteiger charge is 2.00. The number of hydrogen-bond donors (Lipinski definition) is 0. The summed E-state index contributed by atoms with van der Waals surface area (Å²) in [5.74, 6) is 0.411. The van der Waals surface area contributed by atoms with Crippen LogP contribution in [-0.4, -0.2) is 13.1 Å². The first-order valence-electron chi connectivity index (χ1n) is 6.87. The van der Waals surface area contributed by atoms with Gasteiger partial charge < -0.3 is 9.47 Å². The van der Waals surface area contributed by atoms with Crippen LogP contribution in [0.1, 0.15) is 12.5 Å². The number of carbonyl (C=O) groups excluding carboxylic acids is 1. The van der Waals surface area contributed by atoms with Crippen LogP contribution in [0.15, 0.2) is 66.9 Å². The van der Waals surface area contributed by atoms with E-state index in [1.807, 2.05) is 48.5 Å². The third-order valence-corrected chi connectivity index (χ3v) is 3.12. The summed E-state index contributed by atoms with van der Waals surface area (Å²) in [4.78, 5) is 11.2. The van der Waals surface area contributed by atoms with Gasteiger partial charge in [0.2, 0.25) is 0 Å². The van der Waals surface area contributed by atoms with Crippen molar-refractivity contribution in [1.82, 2.24) is 0 Å². The molecule has 0 spiro atoms. The fourth-order valence-electron chi connectivity index (χ4n) is 1.85. The molecule has 0 saturated heterocycles. The minimum Gasteiger partial charge on any atom is -0.497 e. The number of ether oxygens (including phenoxy) is 2. The predicted octanol–water partition coefficient (Wildman–Crippen LogP) is 4.45. The van der Waals surface area contributed by atoms with E-state index in [-0.39, 0.29) is 0 Å². The van der Waals surface area contributed by atoms with Crippen molar-refractivity contribution >= 4 is 12.0 Å². The van der Waals surface area contributed by atoms with E-state index >= 15 is 0 Å². The standard InChI is InChI=1S/C19H18O3/c1-14(2)19(20)22-13-12-15-4-6-16(7-5-15)17-8-10-18(21-3)11-9-17/h4-13H,1H2,2-3H3/b13-12+. The second-order valence-corrected chi connectivity index (χ2v) is 4.84. The van der Waals surface area contributed by atoms with Gasteiger partial charge in [-0.25, -0.2) is 4.79 Å². The Labute approximate surface area is 130 Å². The van der Waals surface area contributed by atoms with E-state index < -0.39 is 5.97 Å². The van der Waals surface area contributed by atoms with Gasteiger partial charge in [-0.2, -0.15) is 0 Å². The summed E-state index contributed by atoms with van der Waals surface area (Å²) in [6.45, 7) is 5.13. The predicted molar refractivity (Wildman–Crippen MR) is 88.4 cm³/mol. The van der Waals surface area contributed by atoms with Gasteiger partial charge in [-0.05, 0) is 41.8 Å². The van der Waals surface area contributed by atoms with Gasteiger partial charge in [-0.3, -0.25) is 0 Å². The molecule has 3 nitrogen and oxygen atoms in total. The molecular formula is C19H18O3. The Morgan fingerprint density at radius 1 is 1.00 bits per heavy atom.